The zero-order valence-electron chi connectivity index (χ0n) is 12.3. The predicted molar refractivity (Wildman–Crippen MR) is 80.4 cm³/mol. The first-order valence-electron chi connectivity index (χ1n) is 6.83. The van der Waals surface area contributed by atoms with Crippen molar-refractivity contribution in [3.63, 3.8) is 0 Å². The molecule has 0 aromatic heterocycles. The predicted octanol–water partition coefficient (Wildman–Crippen LogP) is 2.35. The number of Topliss-reactive ketones (excluding diaryl/α,β-unsaturated/α-hetero) is 1. The Labute approximate surface area is 127 Å². The van der Waals surface area contributed by atoms with Crippen molar-refractivity contribution in [1.82, 2.24) is 0 Å². The van der Waals surface area contributed by atoms with E-state index in [0.717, 1.165) is 10.8 Å². The maximum absolute atomic E-state index is 12.6. The van der Waals surface area contributed by atoms with E-state index in [0.29, 0.717) is 5.56 Å². The number of carbonyl (C=O) groups excluding carboxylic acids is 2. The summed E-state index contributed by atoms with van der Waals surface area (Å²) in [6.07, 6.45) is 0. The second-order valence-electron chi connectivity index (χ2n) is 5.31. The van der Waals surface area contributed by atoms with Crippen molar-refractivity contribution >= 4 is 22.5 Å². The van der Waals surface area contributed by atoms with E-state index in [1.807, 2.05) is 42.5 Å². The summed E-state index contributed by atoms with van der Waals surface area (Å²) in [6.45, 7) is 2.82. The number of hydrogen-bond acceptors (Lipinski definition) is 5. The third kappa shape index (κ3) is 2.11. The van der Waals surface area contributed by atoms with Crippen LogP contribution in [-0.4, -0.2) is 11.8 Å². The zero-order valence-corrected chi connectivity index (χ0v) is 12.3. The Balaban J connectivity index is 2.03. The van der Waals surface area contributed by atoms with Gasteiger partial charge in [-0.1, -0.05) is 36.4 Å². The van der Waals surface area contributed by atoms with E-state index in [-0.39, 0.29) is 11.6 Å². The third-order valence-electron chi connectivity index (χ3n) is 3.72. The van der Waals surface area contributed by atoms with Gasteiger partial charge in [0.05, 0.1) is 0 Å². The van der Waals surface area contributed by atoms with Crippen molar-refractivity contribution in [3.05, 3.63) is 59.7 Å². The molecule has 2 N–H and O–H groups in total. The van der Waals surface area contributed by atoms with Gasteiger partial charge in [-0.15, -0.1) is 0 Å². The van der Waals surface area contributed by atoms with Gasteiger partial charge < -0.3 is 15.2 Å². The fraction of sp³-hybridized carbons (Fsp3) is 0.176. The van der Waals surface area contributed by atoms with E-state index in [4.69, 9.17) is 15.2 Å². The number of fused-ring (bicyclic) bond motifs is 1. The Morgan fingerprint density at radius 2 is 1.86 bits per heavy atom. The van der Waals surface area contributed by atoms with Crippen molar-refractivity contribution in [2.45, 2.75) is 19.4 Å². The summed E-state index contributed by atoms with van der Waals surface area (Å²) >= 11 is 0. The molecule has 0 radical (unpaired) electrons. The van der Waals surface area contributed by atoms with Gasteiger partial charge in [-0.25, -0.2) is 0 Å². The van der Waals surface area contributed by atoms with Crippen molar-refractivity contribution in [1.29, 1.82) is 0 Å². The van der Waals surface area contributed by atoms with Crippen LogP contribution in [0.2, 0.25) is 0 Å². The van der Waals surface area contributed by atoms with Crippen LogP contribution in [-0.2, 0) is 24.7 Å². The Kier molecular flexibility index (Phi) is 3.13. The van der Waals surface area contributed by atoms with Gasteiger partial charge >= 0.3 is 5.97 Å². The van der Waals surface area contributed by atoms with Crippen molar-refractivity contribution in [3.8, 4) is 0 Å². The van der Waals surface area contributed by atoms with E-state index >= 15 is 0 Å². The number of esters is 1. The van der Waals surface area contributed by atoms with Gasteiger partial charge in [0, 0.05) is 12.5 Å². The number of carbonyl (C=O) groups is 2. The van der Waals surface area contributed by atoms with Crippen LogP contribution in [0, 0.1) is 0 Å². The van der Waals surface area contributed by atoms with Gasteiger partial charge in [-0.05, 0) is 23.8 Å². The number of ether oxygens (including phenoxy) is 2. The highest BCUT2D eigenvalue weighted by Gasteiger charge is 2.48. The molecule has 112 valence electrons. The second-order valence-corrected chi connectivity index (χ2v) is 5.31. The van der Waals surface area contributed by atoms with Gasteiger partial charge in [0.25, 0.3) is 5.78 Å². The molecule has 0 amide bonds. The fourth-order valence-electron chi connectivity index (χ4n) is 2.56. The summed E-state index contributed by atoms with van der Waals surface area (Å²) in [5, 5.41) is 2.04. The van der Waals surface area contributed by atoms with E-state index in [9.17, 15) is 9.59 Å². The number of rotatable bonds is 2. The van der Waals surface area contributed by atoms with Crippen LogP contribution in [0.5, 0.6) is 0 Å². The Hall–Kier alpha value is -2.82. The summed E-state index contributed by atoms with van der Waals surface area (Å²) < 4.78 is 10.4. The van der Waals surface area contributed by atoms with Crippen LogP contribution in [0.25, 0.3) is 10.8 Å². The highest BCUT2D eigenvalue weighted by Crippen LogP contribution is 2.38. The molecule has 0 fully saturated rings. The number of ketones is 1. The lowest BCUT2D eigenvalue weighted by atomic mass is 9.90. The summed E-state index contributed by atoms with van der Waals surface area (Å²) in [6, 6.07) is 13.4. The molecule has 0 saturated carbocycles. The van der Waals surface area contributed by atoms with Gasteiger partial charge in [0.15, 0.2) is 5.60 Å². The van der Waals surface area contributed by atoms with Crippen LogP contribution in [0.3, 0.4) is 0 Å². The smallest absolute Gasteiger partial charge is 0.308 e. The lowest BCUT2D eigenvalue weighted by molar-refractivity contribution is -0.142. The first-order chi connectivity index (χ1) is 10.4. The fourth-order valence-corrected chi connectivity index (χ4v) is 2.56. The van der Waals surface area contributed by atoms with Crippen molar-refractivity contribution in [2.75, 3.05) is 0 Å². The molecule has 1 aliphatic rings. The minimum Gasteiger partial charge on any atom is -0.457 e. The molecule has 0 saturated heterocycles. The molecule has 5 heteroatoms. The SMILES string of the molecule is CC(=O)OC1=C(N)OC(C)(c2ccc3ccccc3c2)C1=O. The summed E-state index contributed by atoms with van der Waals surface area (Å²) in [5.74, 6) is -1.48. The van der Waals surface area contributed by atoms with E-state index in [1.165, 1.54) is 6.92 Å². The molecular formula is C17H15NO4. The lowest BCUT2D eigenvalue weighted by Crippen LogP contribution is -2.31. The average molecular weight is 297 g/mol. The lowest BCUT2D eigenvalue weighted by Gasteiger charge is -2.23. The number of nitrogens with two attached hydrogens (primary N) is 1. The third-order valence-corrected chi connectivity index (χ3v) is 3.72. The Morgan fingerprint density at radius 3 is 2.55 bits per heavy atom. The monoisotopic (exact) mass is 297 g/mol. The first kappa shape index (κ1) is 14.1. The molecular weight excluding hydrogens is 282 g/mol. The van der Waals surface area contributed by atoms with Crippen molar-refractivity contribution in [2.24, 2.45) is 5.73 Å². The van der Waals surface area contributed by atoms with Gasteiger partial charge in [0.2, 0.25) is 11.6 Å². The van der Waals surface area contributed by atoms with Gasteiger partial charge in [-0.2, -0.15) is 0 Å². The quantitative estimate of drug-likeness (QED) is 0.861. The summed E-state index contributed by atoms with van der Waals surface area (Å²) in [5.41, 5.74) is 5.06. The largest absolute Gasteiger partial charge is 0.457 e. The standard InChI is InChI=1S/C17H15NO4/c1-10(19)21-14-15(20)17(2,22-16(14)18)13-8-7-11-5-3-4-6-12(11)9-13/h3-9H,18H2,1-2H3. The Morgan fingerprint density at radius 1 is 1.18 bits per heavy atom. The molecule has 22 heavy (non-hydrogen) atoms. The maximum Gasteiger partial charge on any atom is 0.308 e. The summed E-state index contributed by atoms with van der Waals surface area (Å²) in [4.78, 5) is 23.7. The Bertz CT molecular complexity index is 824. The van der Waals surface area contributed by atoms with E-state index in [1.54, 1.807) is 6.92 Å². The van der Waals surface area contributed by atoms with Crippen LogP contribution >= 0.6 is 0 Å². The van der Waals surface area contributed by atoms with Crippen molar-refractivity contribution < 1.29 is 19.1 Å². The minimum absolute atomic E-state index is 0.171. The van der Waals surface area contributed by atoms with Gasteiger partial charge in [0.1, 0.15) is 0 Å². The first-order valence-corrected chi connectivity index (χ1v) is 6.83. The molecule has 3 rings (SSSR count). The van der Waals surface area contributed by atoms with E-state index < -0.39 is 17.4 Å². The normalized spacial score (nSPS) is 21.1. The molecule has 0 bridgehead atoms. The molecule has 2 aromatic carbocycles. The molecule has 1 atom stereocenters. The van der Waals surface area contributed by atoms with E-state index in [2.05, 4.69) is 0 Å². The highest BCUT2D eigenvalue weighted by atomic mass is 16.6. The molecule has 1 aliphatic heterocycles. The molecule has 0 aliphatic carbocycles. The summed E-state index contributed by atoms with van der Waals surface area (Å²) in [7, 11) is 0. The van der Waals surface area contributed by atoms with Crippen LogP contribution in [0.1, 0.15) is 19.4 Å². The second kappa shape index (κ2) is 4.87. The molecule has 1 heterocycles. The number of hydrogen-bond donors (Lipinski definition) is 1. The van der Waals surface area contributed by atoms with Gasteiger partial charge in [-0.3, -0.25) is 9.59 Å². The molecule has 5 nitrogen and oxygen atoms in total. The average Bonchev–Trinajstić information content (AvgIpc) is 2.71. The number of benzene rings is 2. The molecule has 1 unspecified atom stereocenters. The van der Waals surface area contributed by atoms with Crippen LogP contribution in [0.4, 0.5) is 0 Å². The minimum atomic E-state index is -1.29. The maximum atomic E-state index is 12.6. The topological polar surface area (TPSA) is 78.6 Å². The van der Waals surface area contributed by atoms with Crippen LogP contribution in [0.15, 0.2) is 54.1 Å². The highest BCUT2D eigenvalue weighted by molar-refractivity contribution is 6.04. The molecule has 2 aromatic rings. The zero-order chi connectivity index (χ0) is 15.9. The molecule has 0 spiro atoms. The van der Waals surface area contributed by atoms with Crippen LogP contribution < -0.4 is 5.73 Å².